The van der Waals surface area contributed by atoms with Crippen LogP contribution in [0.4, 0.5) is 11.4 Å². The van der Waals surface area contributed by atoms with E-state index in [9.17, 15) is 5.11 Å². The number of azo groups is 1. The third-order valence-electron chi connectivity index (χ3n) is 6.03. The lowest BCUT2D eigenvalue weighted by molar-refractivity contribution is -0.928. The Hall–Kier alpha value is -2.48. The number of aromatic nitrogens is 1. The van der Waals surface area contributed by atoms with Crippen LogP contribution in [0.3, 0.4) is 0 Å². The van der Waals surface area contributed by atoms with Gasteiger partial charge in [0.25, 0.3) is 0 Å². The maximum absolute atomic E-state index is 11.0. The van der Waals surface area contributed by atoms with Crippen LogP contribution in [0.2, 0.25) is 5.02 Å². The van der Waals surface area contributed by atoms with Gasteiger partial charge < -0.3 is 15.3 Å². The minimum absolute atomic E-state index is 0.123. The zero-order valence-corrected chi connectivity index (χ0v) is 19.3. The molecule has 1 aliphatic heterocycles. The van der Waals surface area contributed by atoms with E-state index in [2.05, 4.69) is 22.5 Å². The van der Waals surface area contributed by atoms with Crippen molar-refractivity contribution in [1.82, 2.24) is 4.57 Å². The molecule has 3 N–H and O–H groups in total. The first-order valence-corrected chi connectivity index (χ1v) is 11.3. The maximum atomic E-state index is 11.0. The Morgan fingerprint density at radius 3 is 2.74 bits per heavy atom. The number of nitrogens with one attached hydrogen (secondary N) is 2. The van der Waals surface area contributed by atoms with Gasteiger partial charge in [0.05, 0.1) is 18.6 Å². The Morgan fingerprint density at radius 1 is 1.23 bits per heavy atom. The third-order valence-corrected chi connectivity index (χ3v) is 6.62. The normalized spacial score (nSPS) is 19.2. The van der Waals surface area contributed by atoms with Crippen LogP contribution in [0.25, 0.3) is 10.9 Å². The number of quaternary nitrogens is 1. The fourth-order valence-corrected chi connectivity index (χ4v) is 4.39. The topological polar surface area (TPSA) is 66.4 Å². The highest BCUT2D eigenvalue weighted by Gasteiger charge is 2.23. The van der Waals surface area contributed by atoms with Crippen LogP contribution in [0, 0.1) is 12.8 Å². The summed E-state index contributed by atoms with van der Waals surface area (Å²) in [5, 5.41) is 24.2. The Morgan fingerprint density at radius 2 is 1.97 bits per heavy atom. The van der Waals surface area contributed by atoms with Crippen LogP contribution in [0.1, 0.15) is 25.3 Å². The lowest BCUT2D eigenvalue weighted by atomic mass is 10.00. The van der Waals surface area contributed by atoms with Gasteiger partial charge in [0.1, 0.15) is 0 Å². The molecule has 1 saturated heterocycles. The molecule has 3 aromatic rings. The Labute approximate surface area is 192 Å². The van der Waals surface area contributed by atoms with E-state index in [1.807, 2.05) is 54.0 Å². The van der Waals surface area contributed by atoms with E-state index >= 15 is 0 Å². The summed E-state index contributed by atoms with van der Waals surface area (Å²) in [5.74, 6) is 0.901. The van der Waals surface area contributed by atoms with E-state index in [1.54, 1.807) is 0 Å². The molecule has 8 heteroatoms. The van der Waals surface area contributed by atoms with Crippen LogP contribution in [-0.2, 0) is 6.67 Å². The van der Waals surface area contributed by atoms with Gasteiger partial charge in [-0.15, -0.1) is 10.2 Å². The van der Waals surface area contributed by atoms with Crippen molar-refractivity contribution in [3.63, 3.8) is 0 Å². The summed E-state index contributed by atoms with van der Waals surface area (Å²) in [6.45, 7) is 7.14. The number of hydrogen-bond acceptors (Lipinski definition) is 3. The van der Waals surface area contributed by atoms with Gasteiger partial charge >= 0.3 is 0 Å². The number of benzene rings is 2. The minimum atomic E-state index is 0.123. The minimum Gasteiger partial charge on any atom is -0.493 e. The molecule has 0 unspecified atom stereocenters. The number of rotatable bonds is 4. The molecule has 31 heavy (non-hydrogen) atoms. The number of aromatic hydroxyl groups is 1. The molecule has 1 aliphatic rings. The summed E-state index contributed by atoms with van der Waals surface area (Å²) in [6, 6.07) is 13.4. The number of halogens is 1. The summed E-state index contributed by atoms with van der Waals surface area (Å²) in [7, 11) is 0. The number of nitrogens with zero attached hydrogens (tertiary/aromatic N) is 3. The summed E-state index contributed by atoms with van der Waals surface area (Å²) in [4.78, 5) is 1.46. The first-order valence-electron chi connectivity index (χ1n) is 10.6. The molecule has 162 valence electrons. The number of thiocarbonyl (C=S) groups is 1. The lowest BCUT2D eigenvalue weighted by Gasteiger charge is -2.27. The van der Waals surface area contributed by atoms with Crippen molar-refractivity contribution in [3.05, 3.63) is 53.1 Å². The quantitative estimate of drug-likeness (QED) is 0.379. The second-order valence-electron chi connectivity index (χ2n) is 8.25. The second kappa shape index (κ2) is 9.34. The Balaban J connectivity index is 1.58. The van der Waals surface area contributed by atoms with Gasteiger partial charge in [-0.1, -0.05) is 42.8 Å². The van der Waals surface area contributed by atoms with Crippen LogP contribution in [0.5, 0.6) is 5.88 Å². The van der Waals surface area contributed by atoms with Gasteiger partial charge in [0, 0.05) is 16.1 Å². The van der Waals surface area contributed by atoms with E-state index in [0.29, 0.717) is 17.4 Å². The Kier molecular flexibility index (Phi) is 6.55. The molecular formula is C23H27ClN5OS+. The summed E-state index contributed by atoms with van der Waals surface area (Å²) in [6.07, 6.45) is 2.43. The average molecular weight is 457 g/mol. The lowest BCUT2D eigenvalue weighted by Crippen LogP contribution is -3.12. The van der Waals surface area contributed by atoms with Crippen molar-refractivity contribution in [2.24, 2.45) is 16.1 Å². The second-order valence-corrected chi connectivity index (χ2v) is 9.04. The van der Waals surface area contributed by atoms with Gasteiger partial charge in [-0.05, 0) is 61.7 Å². The first-order chi connectivity index (χ1) is 14.9. The van der Waals surface area contributed by atoms with Crippen LogP contribution in [-0.4, -0.2) is 27.9 Å². The highest BCUT2D eigenvalue weighted by molar-refractivity contribution is 7.80. The molecule has 0 radical (unpaired) electrons. The van der Waals surface area contributed by atoms with Crippen molar-refractivity contribution >= 4 is 51.2 Å². The molecule has 0 amide bonds. The number of para-hydroxylation sites is 1. The van der Waals surface area contributed by atoms with Crippen molar-refractivity contribution in [1.29, 1.82) is 0 Å². The number of likely N-dealkylation sites (tertiary alicyclic amines) is 1. The third kappa shape index (κ3) is 4.74. The summed E-state index contributed by atoms with van der Waals surface area (Å²) >= 11 is 11.5. The van der Waals surface area contributed by atoms with Crippen LogP contribution >= 0.6 is 23.8 Å². The van der Waals surface area contributed by atoms with Gasteiger partial charge in [-0.25, -0.2) is 0 Å². The Bertz CT molecular complexity index is 1130. The molecule has 0 saturated carbocycles. The molecule has 1 aromatic heterocycles. The first kappa shape index (κ1) is 21.7. The predicted molar refractivity (Wildman–Crippen MR) is 130 cm³/mol. The predicted octanol–water partition coefficient (Wildman–Crippen LogP) is 5.06. The number of fused-ring (bicyclic) bond motifs is 1. The molecule has 0 bridgehead atoms. The number of anilines is 1. The van der Waals surface area contributed by atoms with E-state index in [1.165, 1.54) is 17.7 Å². The fraction of sp³-hybridized carbons (Fsp3) is 0.348. The smallest absolute Gasteiger partial charge is 0.225 e. The van der Waals surface area contributed by atoms with Crippen molar-refractivity contribution in [2.75, 3.05) is 18.4 Å². The van der Waals surface area contributed by atoms with Crippen molar-refractivity contribution in [3.8, 4) is 5.88 Å². The number of piperidine rings is 1. The van der Waals surface area contributed by atoms with E-state index < -0.39 is 0 Å². The standard InChI is InChI=1S/C23H26ClN5OS/c1-15-10-12-28(13-11-15)14-29-20-9-4-3-6-17(20)21(22(29)30)26-27-23(31)25-19-8-5-7-18(24)16(19)2/h3-9,15,30H,10-14H2,1-2H3,(H,25,31)/p+1. The molecule has 2 aromatic carbocycles. The molecule has 1 fully saturated rings. The van der Waals surface area contributed by atoms with Gasteiger partial charge in [0.2, 0.25) is 11.0 Å². The van der Waals surface area contributed by atoms with E-state index in [-0.39, 0.29) is 11.0 Å². The molecule has 0 atom stereocenters. The average Bonchev–Trinajstić information content (AvgIpc) is 3.02. The molecule has 0 spiro atoms. The highest BCUT2D eigenvalue weighted by atomic mass is 35.5. The zero-order chi connectivity index (χ0) is 22.0. The van der Waals surface area contributed by atoms with Crippen molar-refractivity contribution < 1.29 is 10.0 Å². The SMILES string of the molecule is Cc1c(Cl)cccc1NC(=S)N=Nc1c(O)n(C[NH+]2CCC(C)CC2)c2ccccc12. The molecule has 0 aliphatic carbocycles. The van der Waals surface area contributed by atoms with Gasteiger partial charge in [0.15, 0.2) is 12.4 Å². The van der Waals surface area contributed by atoms with E-state index in [4.69, 9.17) is 23.8 Å². The molecule has 4 rings (SSSR count). The van der Waals surface area contributed by atoms with Crippen LogP contribution < -0.4 is 10.2 Å². The highest BCUT2D eigenvalue weighted by Crippen LogP contribution is 2.38. The monoisotopic (exact) mass is 456 g/mol. The van der Waals surface area contributed by atoms with E-state index in [0.717, 1.165) is 41.2 Å². The number of hydrogen-bond donors (Lipinski definition) is 3. The summed E-state index contributed by atoms with van der Waals surface area (Å²) in [5.41, 5.74) is 3.06. The van der Waals surface area contributed by atoms with Gasteiger partial charge in [-0.3, -0.25) is 4.57 Å². The zero-order valence-electron chi connectivity index (χ0n) is 17.7. The molecule has 2 heterocycles. The van der Waals surface area contributed by atoms with Crippen molar-refractivity contribution in [2.45, 2.75) is 33.4 Å². The maximum Gasteiger partial charge on any atom is 0.225 e. The van der Waals surface area contributed by atoms with Gasteiger partial charge in [-0.2, -0.15) is 0 Å². The molecular weight excluding hydrogens is 430 g/mol. The summed E-state index contributed by atoms with van der Waals surface area (Å²) < 4.78 is 1.94. The fourth-order valence-electron chi connectivity index (χ4n) is 4.06. The largest absolute Gasteiger partial charge is 0.493 e. The van der Waals surface area contributed by atoms with Crippen LogP contribution in [0.15, 0.2) is 52.7 Å². The molecule has 6 nitrogen and oxygen atoms in total.